The number of carbonyl (C=O) groups excluding carboxylic acids is 1. The van der Waals surface area contributed by atoms with E-state index in [1.54, 1.807) is 4.90 Å². The monoisotopic (exact) mass is 400 g/mol. The zero-order valence-electron chi connectivity index (χ0n) is 16.0. The summed E-state index contributed by atoms with van der Waals surface area (Å²) in [5.41, 5.74) is 1.39. The second-order valence-electron chi connectivity index (χ2n) is 7.87. The highest BCUT2D eigenvalue weighted by Crippen LogP contribution is 2.46. The zero-order valence-corrected chi connectivity index (χ0v) is 16.0. The molecule has 2 aromatic rings. The third kappa shape index (κ3) is 3.51. The molecule has 2 fully saturated rings. The molecule has 0 spiro atoms. The maximum absolute atomic E-state index is 14.3. The molecule has 3 atom stereocenters. The fraction of sp³-hybridized carbons (Fsp3) is 0.364. The van der Waals surface area contributed by atoms with Crippen molar-refractivity contribution in [3.8, 4) is 0 Å². The minimum Gasteiger partial charge on any atom is -0.480 e. The molecule has 2 heterocycles. The summed E-state index contributed by atoms with van der Waals surface area (Å²) in [6.07, 6.45) is 0. The standard InChI is InChI=1S/C22H22F2N2O3/c1-13-5-2-3-6-15(13)21-16-11-25(12-19(27)28)9-14(16)10-26(21)22(29)20-17(23)7-4-8-18(20)24/h2-8,14,16,21H,9-12H2,1H3,(H,27,28)/t14-,16-,21+/m0/s1. The number of benzene rings is 2. The van der Waals surface area contributed by atoms with E-state index in [9.17, 15) is 18.4 Å². The van der Waals surface area contributed by atoms with Gasteiger partial charge >= 0.3 is 5.97 Å². The highest BCUT2D eigenvalue weighted by Gasteiger charge is 2.50. The van der Waals surface area contributed by atoms with E-state index in [2.05, 4.69) is 0 Å². The molecule has 1 N–H and O–H groups in total. The van der Waals surface area contributed by atoms with Gasteiger partial charge in [-0.3, -0.25) is 14.5 Å². The Bertz CT molecular complexity index is 945. The van der Waals surface area contributed by atoms with Gasteiger partial charge in [0.15, 0.2) is 0 Å². The summed E-state index contributed by atoms with van der Waals surface area (Å²) >= 11 is 0. The molecule has 0 bridgehead atoms. The van der Waals surface area contributed by atoms with Gasteiger partial charge in [-0.2, -0.15) is 0 Å². The molecule has 2 aromatic carbocycles. The van der Waals surface area contributed by atoms with Crippen molar-refractivity contribution < 1.29 is 23.5 Å². The summed E-state index contributed by atoms with van der Waals surface area (Å²) in [6, 6.07) is 10.7. The van der Waals surface area contributed by atoms with Gasteiger partial charge in [-0.1, -0.05) is 30.3 Å². The first-order valence-corrected chi connectivity index (χ1v) is 9.61. The molecular formula is C22H22F2N2O3. The Labute approximate surface area is 167 Å². The maximum atomic E-state index is 14.3. The number of fused-ring (bicyclic) bond motifs is 1. The number of carboxylic acid groups (broad SMARTS) is 1. The van der Waals surface area contributed by atoms with Crippen LogP contribution < -0.4 is 0 Å². The molecule has 1 amide bonds. The van der Waals surface area contributed by atoms with Gasteiger partial charge in [-0.25, -0.2) is 8.78 Å². The number of halogens is 2. The second kappa shape index (κ2) is 7.55. The molecule has 5 nitrogen and oxygen atoms in total. The van der Waals surface area contributed by atoms with Crippen molar-refractivity contribution in [1.82, 2.24) is 9.80 Å². The smallest absolute Gasteiger partial charge is 0.317 e. The number of nitrogens with zero attached hydrogens (tertiary/aromatic N) is 2. The van der Waals surface area contributed by atoms with E-state index in [-0.39, 0.29) is 24.4 Å². The first kappa shape index (κ1) is 19.5. The topological polar surface area (TPSA) is 60.9 Å². The van der Waals surface area contributed by atoms with E-state index >= 15 is 0 Å². The van der Waals surface area contributed by atoms with Gasteiger partial charge in [0.05, 0.1) is 12.6 Å². The molecule has 7 heteroatoms. The molecule has 152 valence electrons. The van der Waals surface area contributed by atoms with Crippen molar-refractivity contribution in [3.63, 3.8) is 0 Å². The van der Waals surface area contributed by atoms with Crippen LogP contribution in [0.25, 0.3) is 0 Å². The lowest BCUT2D eigenvalue weighted by atomic mass is 9.87. The van der Waals surface area contributed by atoms with E-state index < -0.39 is 29.1 Å². The van der Waals surface area contributed by atoms with Crippen LogP contribution in [0.4, 0.5) is 8.78 Å². The molecule has 29 heavy (non-hydrogen) atoms. The van der Waals surface area contributed by atoms with Crippen LogP contribution in [0.3, 0.4) is 0 Å². The van der Waals surface area contributed by atoms with Crippen LogP contribution in [-0.4, -0.2) is 53.0 Å². The van der Waals surface area contributed by atoms with Crippen molar-refractivity contribution in [3.05, 3.63) is 70.8 Å². The highest BCUT2D eigenvalue weighted by molar-refractivity contribution is 5.95. The Balaban J connectivity index is 1.72. The lowest BCUT2D eigenvalue weighted by Gasteiger charge is -2.31. The third-order valence-electron chi connectivity index (χ3n) is 6.04. The van der Waals surface area contributed by atoms with Crippen LogP contribution in [0, 0.1) is 30.4 Å². The third-order valence-corrected chi connectivity index (χ3v) is 6.04. The number of likely N-dealkylation sites (tertiary alicyclic amines) is 2. The van der Waals surface area contributed by atoms with Crippen molar-refractivity contribution in [2.45, 2.75) is 13.0 Å². The normalized spacial score (nSPS) is 24.0. The molecule has 2 aliphatic heterocycles. The van der Waals surface area contributed by atoms with Crippen molar-refractivity contribution in [2.24, 2.45) is 11.8 Å². The Morgan fingerprint density at radius 3 is 2.38 bits per heavy atom. The highest BCUT2D eigenvalue weighted by atomic mass is 19.1. The average Bonchev–Trinajstić information content (AvgIpc) is 3.18. The number of aliphatic carboxylic acids is 1. The van der Waals surface area contributed by atoms with Gasteiger partial charge in [0.1, 0.15) is 17.2 Å². The predicted molar refractivity (Wildman–Crippen MR) is 102 cm³/mol. The molecule has 0 aromatic heterocycles. The lowest BCUT2D eigenvalue weighted by molar-refractivity contribution is -0.138. The quantitative estimate of drug-likeness (QED) is 0.857. The van der Waals surface area contributed by atoms with Gasteiger partial charge in [0.2, 0.25) is 0 Å². The number of carboxylic acids is 1. The number of amides is 1. The van der Waals surface area contributed by atoms with Gasteiger partial charge in [0, 0.05) is 25.6 Å². The van der Waals surface area contributed by atoms with Crippen molar-refractivity contribution in [2.75, 3.05) is 26.2 Å². The van der Waals surface area contributed by atoms with Crippen LogP contribution in [0.15, 0.2) is 42.5 Å². The molecule has 4 rings (SSSR count). The van der Waals surface area contributed by atoms with Gasteiger partial charge in [-0.15, -0.1) is 0 Å². The van der Waals surface area contributed by atoms with Crippen LogP contribution in [0.1, 0.15) is 27.5 Å². The number of rotatable bonds is 4. The molecule has 0 saturated carbocycles. The summed E-state index contributed by atoms with van der Waals surface area (Å²) in [4.78, 5) is 27.8. The number of hydrogen-bond donors (Lipinski definition) is 1. The minimum absolute atomic E-state index is 0.00855. The molecule has 2 aliphatic rings. The maximum Gasteiger partial charge on any atom is 0.317 e. The van der Waals surface area contributed by atoms with Crippen LogP contribution in [-0.2, 0) is 4.79 Å². The Morgan fingerprint density at radius 2 is 1.72 bits per heavy atom. The lowest BCUT2D eigenvalue weighted by Crippen LogP contribution is -2.37. The minimum atomic E-state index is -0.890. The van der Waals surface area contributed by atoms with E-state index in [0.717, 1.165) is 23.3 Å². The molecule has 0 aliphatic carbocycles. The number of carbonyl (C=O) groups is 2. The number of hydrogen-bond acceptors (Lipinski definition) is 3. The first-order chi connectivity index (χ1) is 13.9. The molecule has 0 unspecified atom stereocenters. The first-order valence-electron chi connectivity index (χ1n) is 9.61. The van der Waals surface area contributed by atoms with E-state index in [1.807, 2.05) is 36.1 Å². The summed E-state index contributed by atoms with van der Waals surface area (Å²) in [5, 5.41) is 9.12. The largest absolute Gasteiger partial charge is 0.480 e. The fourth-order valence-electron chi connectivity index (χ4n) is 4.83. The molecule has 2 saturated heterocycles. The summed E-state index contributed by atoms with van der Waals surface area (Å²) in [5.74, 6) is -3.23. The molecule has 0 radical (unpaired) electrons. The Kier molecular flexibility index (Phi) is 5.08. The van der Waals surface area contributed by atoms with E-state index in [0.29, 0.717) is 19.6 Å². The Morgan fingerprint density at radius 1 is 1.03 bits per heavy atom. The Hall–Kier alpha value is -2.80. The van der Waals surface area contributed by atoms with Crippen LogP contribution in [0.5, 0.6) is 0 Å². The summed E-state index contributed by atoms with van der Waals surface area (Å²) in [7, 11) is 0. The predicted octanol–water partition coefficient (Wildman–Crippen LogP) is 3.10. The van der Waals surface area contributed by atoms with Crippen molar-refractivity contribution in [1.29, 1.82) is 0 Å². The molecular weight excluding hydrogens is 378 g/mol. The van der Waals surface area contributed by atoms with Crippen molar-refractivity contribution >= 4 is 11.9 Å². The average molecular weight is 400 g/mol. The van der Waals surface area contributed by atoms with Gasteiger partial charge in [0.25, 0.3) is 5.91 Å². The summed E-state index contributed by atoms with van der Waals surface area (Å²) < 4.78 is 28.6. The summed E-state index contributed by atoms with van der Waals surface area (Å²) in [6.45, 7) is 3.30. The zero-order chi connectivity index (χ0) is 20.7. The second-order valence-corrected chi connectivity index (χ2v) is 7.87. The van der Waals surface area contributed by atoms with E-state index in [4.69, 9.17) is 5.11 Å². The fourth-order valence-corrected chi connectivity index (χ4v) is 4.83. The SMILES string of the molecule is Cc1ccccc1[C@@H]1[C@H]2CN(CC(=O)O)C[C@H]2CN1C(=O)c1c(F)cccc1F. The van der Waals surface area contributed by atoms with Gasteiger partial charge < -0.3 is 10.0 Å². The van der Waals surface area contributed by atoms with Crippen LogP contribution in [0.2, 0.25) is 0 Å². The number of aryl methyl sites for hydroxylation is 1. The van der Waals surface area contributed by atoms with Crippen LogP contribution >= 0.6 is 0 Å². The van der Waals surface area contributed by atoms with Gasteiger partial charge in [-0.05, 0) is 36.1 Å². The van der Waals surface area contributed by atoms with E-state index in [1.165, 1.54) is 6.07 Å².